The van der Waals surface area contributed by atoms with E-state index < -0.39 is 12.7 Å². The molecule has 1 unspecified atom stereocenters. The van der Waals surface area contributed by atoms with E-state index in [4.69, 9.17) is 0 Å². The largest absolute Gasteiger partial charge is 0.356 e. The quantitative estimate of drug-likeness (QED) is 0.614. The highest BCUT2D eigenvalue weighted by atomic mass is 19.1. The zero-order valence-electron chi connectivity index (χ0n) is 8.60. The second kappa shape index (κ2) is 7.29. The molecular formula is C9H17FN2O2. The zero-order valence-corrected chi connectivity index (χ0v) is 8.60. The zero-order chi connectivity index (χ0) is 11.0. The molecule has 2 N–H and O–H groups in total. The Morgan fingerprint density at radius 3 is 2.36 bits per heavy atom. The van der Waals surface area contributed by atoms with Crippen LogP contribution < -0.4 is 10.6 Å². The predicted molar refractivity (Wildman–Crippen MR) is 51.5 cm³/mol. The van der Waals surface area contributed by atoms with Gasteiger partial charge in [0.25, 0.3) is 0 Å². The van der Waals surface area contributed by atoms with E-state index >= 15 is 0 Å². The van der Waals surface area contributed by atoms with Crippen LogP contribution in [0.5, 0.6) is 0 Å². The molecule has 0 aromatic carbocycles. The van der Waals surface area contributed by atoms with Crippen LogP contribution in [0.3, 0.4) is 0 Å². The number of carbonyl (C=O) groups excluding carboxylic acids is 2. The van der Waals surface area contributed by atoms with E-state index in [2.05, 4.69) is 10.6 Å². The van der Waals surface area contributed by atoms with Crippen molar-refractivity contribution in [3.8, 4) is 0 Å². The second-order valence-corrected chi connectivity index (χ2v) is 3.18. The van der Waals surface area contributed by atoms with Gasteiger partial charge in [0.15, 0.2) is 0 Å². The van der Waals surface area contributed by atoms with Crippen LogP contribution in [0.4, 0.5) is 4.39 Å². The van der Waals surface area contributed by atoms with Crippen molar-refractivity contribution in [2.75, 3.05) is 13.2 Å². The first kappa shape index (κ1) is 12.9. The van der Waals surface area contributed by atoms with Crippen molar-refractivity contribution in [1.82, 2.24) is 10.6 Å². The Morgan fingerprint density at radius 2 is 1.93 bits per heavy atom. The number of carbonyl (C=O) groups is 2. The van der Waals surface area contributed by atoms with Crippen molar-refractivity contribution < 1.29 is 14.0 Å². The highest BCUT2D eigenvalue weighted by molar-refractivity contribution is 5.73. The molecule has 0 aliphatic carbocycles. The molecule has 2 amide bonds. The molecule has 0 heterocycles. The van der Waals surface area contributed by atoms with Crippen molar-refractivity contribution in [2.45, 2.75) is 32.7 Å². The lowest BCUT2D eigenvalue weighted by molar-refractivity contribution is -0.120. The smallest absolute Gasteiger partial charge is 0.217 e. The van der Waals surface area contributed by atoms with E-state index in [1.807, 2.05) is 0 Å². The molecule has 5 heteroatoms. The van der Waals surface area contributed by atoms with E-state index in [9.17, 15) is 14.0 Å². The van der Waals surface area contributed by atoms with Gasteiger partial charge in [-0.15, -0.1) is 0 Å². The predicted octanol–water partition coefficient (Wildman–Crippen LogP) is 0.377. The minimum atomic E-state index is -0.570. The van der Waals surface area contributed by atoms with Crippen molar-refractivity contribution >= 4 is 11.8 Å². The Hall–Kier alpha value is -1.13. The molecule has 0 spiro atoms. The summed E-state index contributed by atoms with van der Waals surface area (Å²) in [5, 5.41) is 5.10. The summed E-state index contributed by atoms with van der Waals surface area (Å²) in [6.45, 7) is 2.74. The highest BCUT2D eigenvalue weighted by Crippen LogP contribution is 1.97. The van der Waals surface area contributed by atoms with Gasteiger partial charge in [0.2, 0.25) is 11.8 Å². The van der Waals surface area contributed by atoms with Crippen molar-refractivity contribution in [3.05, 3.63) is 0 Å². The topological polar surface area (TPSA) is 58.2 Å². The van der Waals surface area contributed by atoms with Gasteiger partial charge in [-0.25, -0.2) is 4.39 Å². The monoisotopic (exact) mass is 204 g/mol. The van der Waals surface area contributed by atoms with Crippen LogP contribution in [0, 0.1) is 0 Å². The van der Waals surface area contributed by atoms with Crippen LogP contribution >= 0.6 is 0 Å². The third kappa shape index (κ3) is 7.52. The number of rotatable bonds is 6. The summed E-state index contributed by atoms with van der Waals surface area (Å²) in [7, 11) is 0. The Morgan fingerprint density at radius 1 is 1.29 bits per heavy atom. The molecule has 0 bridgehead atoms. The van der Waals surface area contributed by atoms with Gasteiger partial charge in [0.1, 0.15) is 6.67 Å². The first-order chi connectivity index (χ1) is 6.56. The average Bonchev–Trinajstić information content (AvgIpc) is 2.09. The molecule has 82 valence electrons. The number of hydrogen-bond donors (Lipinski definition) is 2. The number of amides is 2. The SMILES string of the molecule is CC(=O)NCCCC(CF)NC(C)=O. The third-order valence-electron chi connectivity index (χ3n) is 1.70. The number of alkyl halides is 1. The molecule has 0 fully saturated rings. The van der Waals surface area contributed by atoms with Crippen molar-refractivity contribution in [2.24, 2.45) is 0 Å². The summed E-state index contributed by atoms with van der Waals surface area (Å²) < 4.78 is 12.3. The van der Waals surface area contributed by atoms with Gasteiger partial charge < -0.3 is 10.6 Å². The molecule has 0 aromatic heterocycles. The van der Waals surface area contributed by atoms with E-state index in [1.165, 1.54) is 13.8 Å². The molecule has 4 nitrogen and oxygen atoms in total. The molecule has 0 saturated heterocycles. The Balaban J connectivity index is 3.52. The van der Waals surface area contributed by atoms with Gasteiger partial charge >= 0.3 is 0 Å². The second-order valence-electron chi connectivity index (χ2n) is 3.18. The maximum absolute atomic E-state index is 12.3. The molecular weight excluding hydrogens is 187 g/mol. The maximum Gasteiger partial charge on any atom is 0.217 e. The lowest BCUT2D eigenvalue weighted by Gasteiger charge is -2.13. The Kier molecular flexibility index (Phi) is 6.70. The van der Waals surface area contributed by atoms with Gasteiger partial charge in [-0.05, 0) is 12.8 Å². The minimum absolute atomic E-state index is 0.0960. The van der Waals surface area contributed by atoms with Gasteiger partial charge in [-0.1, -0.05) is 0 Å². The molecule has 14 heavy (non-hydrogen) atoms. The molecule has 0 aromatic rings. The molecule has 1 atom stereocenters. The standard InChI is InChI=1S/C9H17FN2O2/c1-7(13)11-5-3-4-9(6-10)12-8(2)14/h9H,3-6H2,1-2H3,(H,11,13)(H,12,14). The summed E-state index contributed by atoms with van der Waals surface area (Å²) in [6.07, 6.45) is 1.20. The van der Waals surface area contributed by atoms with Gasteiger partial charge in [-0.2, -0.15) is 0 Å². The first-order valence-corrected chi connectivity index (χ1v) is 4.63. The fourth-order valence-electron chi connectivity index (χ4n) is 1.09. The Bertz CT molecular complexity index is 197. The maximum atomic E-state index is 12.3. The number of halogens is 1. The van der Waals surface area contributed by atoms with Gasteiger partial charge in [0.05, 0.1) is 6.04 Å². The van der Waals surface area contributed by atoms with E-state index in [-0.39, 0.29) is 11.8 Å². The van der Waals surface area contributed by atoms with Crippen LogP contribution in [0.15, 0.2) is 0 Å². The fraction of sp³-hybridized carbons (Fsp3) is 0.778. The van der Waals surface area contributed by atoms with E-state index in [1.54, 1.807) is 0 Å². The summed E-state index contributed by atoms with van der Waals surface area (Å²) >= 11 is 0. The lowest BCUT2D eigenvalue weighted by Crippen LogP contribution is -2.35. The number of nitrogens with one attached hydrogen (secondary N) is 2. The molecule has 0 saturated carbocycles. The van der Waals surface area contributed by atoms with Crippen LogP contribution in [0.25, 0.3) is 0 Å². The molecule has 0 aliphatic rings. The van der Waals surface area contributed by atoms with E-state index in [0.29, 0.717) is 19.4 Å². The van der Waals surface area contributed by atoms with Crippen LogP contribution in [-0.2, 0) is 9.59 Å². The molecule has 0 rings (SSSR count). The molecule has 0 aliphatic heterocycles. The van der Waals surface area contributed by atoms with Crippen molar-refractivity contribution in [3.63, 3.8) is 0 Å². The van der Waals surface area contributed by atoms with Gasteiger partial charge in [0, 0.05) is 20.4 Å². The molecule has 0 radical (unpaired) electrons. The first-order valence-electron chi connectivity index (χ1n) is 4.63. The normalized spacial score (nSPS) is 11.9. The van der Waals surface area contributed by atoms with Crippen molar-refractivity contribution in [1.29, 1.82) is 0 Å². The summed E-state index contributed by atoms with van der Waals surface area (Å²) in [6, 6.07) is -0.429. The van der Waals surface area contributed by atoms with Crippen LogP contribution in [0.2, 0.25) is 0 Å². The summed E-state index contributed by atoms with van der Waals surface area (Å²) in [5.74, 6) is -0.325. The average molecular weight is 204 g/mol. The highest BCUT2D eigenvalue weighted by Gasteiger charge is 2.08. The minimum Gasteiger partial charge on any atom is -0.356 e. The lowest BCUT2D eigenvalue weighted by atomic mass is 10.1. The van der Waals surface area contributed by atoms with Gasteiger partial charge in [-0.3, -0.25) is 9.59 Å². The number of hydrogen-bond acceptors (Lipinski definition) is 2. The summed E-state index contributed by atoms with van der Waals surface area (Å²) in [5.41, 5.74) is 0. The van der Waals surface area contributed by atoms with Crippen LogP contribution in [-0.4, -0.2) is 31.1 Å². The van der Waals surface area contributed by atoms with E-state index in [0.717, 1.165) is 0 Å². The Labute approximate surface area is 83.2 Å². The third-order valence-corrected chi connectivity index (χ3v) is 1.70. The summed E-state index contributed by atoms with van der Waals surface area (Å²) in [4.78, 5) is 21.1. The van der Waals surface area contributed by atoms with Crippen LogP contribution in [0.1, 0.15) is 26.7 Å². The fourth-order valence-corrected chi connectivity index (χ4v) is 1.09.